The summed E-state index contributed by atoms with van der Waals surface area (Å²) < 4.78 is 5.23. The van der Waals surface area contributed by atoms with E-state index < -0.39 is 0 Å². The Balaban J connectivity index is 2.22. The highest BCUT2D eigenvalue weighted by molar-refractivity contribution is 5.67. The summed E-state index contributed by atoms with van der Waals surface area (Å²) in [5.74, 6) is 6.08. The minimum absolute atomic E-state index is 0.702. The van der Waals surface area contributed by atoms with E-state index in [1.54, 1.807) is 7.11 Å². The van der Waals surface area contributed by atoms with Crippen LogP contribution in [0.25, 0.3) is 0 Å². The monoisotopic (exact) mass is 229 g/mol. The van der Waals surface area contributed by atoms with Crippen molar-refractivity contribution in [2.75, 3.05) is 17.9 Å². The Labute approximate surface area is 100 Å². The van der Waals surface area contributed by atoms with Gasteiger partial charge in [0.05, 0.1) is 12.8 Å². The number of anilines is 3. The molecule has 4 nitrogen and oxygen atoms in total. The normalized spacial score (nSPS) is 9.76. The molecule has 4 N–H and O–H groups in total. The third-order valence-electron chi connectivity index (χ3n) is 2.42. The summed E-state index contributed by atoms with van der Waals surface area (Å²) in [6.45, 7) is 0. The molecule has 0 atom stereocenters. The standard InChI is InChI=1S/C13H15N3O/c1-17-13-9-11(7-8-12(13)16-14)15-10-5-3-2-4-6-10/h2-9,15-16H,14H2,1H3. The van der Waals surface area contributed by atoms with Gasteiger partial charge in [-0.25, -0.2) is 0 Å². The van der Waals surface area contributed by atoms with Crippen molar-refractivity contribution in [3.63, 3.8) is 0 Å². The molecule has 17 heavy (non-hydrogen) atoms. The molecule has 0 bridgehead atoms. The Kier molecular flexibility index (Phi) is 3.47. The van der Waals surface area contributed by atoms with Crippen LogP contribution in [0.15, 0.2) is 48.5 Å². The topological polar surface area (TPSA) is 59.3 Å². The number of nitrogens with one attached hydrogen (secondary N) is 2. The molecule has 0 saturated heterocycles. The van der Waals surface area contributed by atoms with E-state index in [2.05, 4.69) is 10.7 Å². The van der Waals surface area contributed by atoms with E-state index in [0.717, 1.165) is 17.1 Å². The smallest absolute Gasteiger partial charge is 0.145 e. The maximum Gasteiger partial charge on any atom is 0.145 e. The van der Waals surface area contributed by atoms with Crippen molar-refractivity contribution in [3.05, 3.63) is 48.5 Å². The summed E-state index contributed by atoms with van der Waals surface area (Å²) in [7, 11) is 1.61. The zero-order valence-corrected chi connectivity index (χ0v) is 9.60. The van der Waals surface area contributed by atoms with Crippen LogP contribution in [0.4, 0.5) is 17.1 Å². The highest BCUT2D eigenvalue weighted by Gasteiger charge is 2.02. The van der Waals surface area contributed by atoms with Crippen molar-refractivity contribution in [1.29, 1.82) is 0 Å². The van der Waals surface area contributed by atoms with Gasteiger partial charge < -0.3 is 15.5 Å². The van der Waals surface area contributed by atoms with Crippen LogP contribution in [0.2, 0.25) is 0 Å². The number of rotatable bonds is 4. The highest BCUT2D eigenvalue weighted by Crippen LogP contribution is 2.28. The van der Waals surface area contributed by atoms with Gasteiger partial charge in [-0.1, -0.05) is 18.2 Å². The number of hydrogen-bond acceptors (Lipinski definition) is 4. The maximum atomic E-state index is 5.38. The lowest BCUT2D eigenvalue weighted by molar-refractivity contribution is 0.416. The Morgan fingerprint density at radius 3 is 2.41 bits per heavy atom. The van der Waals surface area contributed by atoms with Gasteiger partial charge in [0, 0.05) is 17.4 Å². The first-order valence-electron chi connectivity index (χ1n) is 5.30. The number of methoxy groups -OCH3 is 1. The summed E-state index contributed by atoms with van der Waals surface area (Å²) >= 11 is 0. The van der Waals surface area contributed by atoms with Gasteiger partial charge in [0.2, 0.25) is 0 Å². The SMILES string of the molecule is COc1cc(Nc2ccccc2)ccc1NN. The van der Waals surface area contributed by atoms with Crippen LogP contribution in [0.1, 0.15) is 0 Å². The molecule has 0 saturated carbocycles. The molecule has 0 aliphatic carbocycles. The molecule has 0 unspecified atom stereocenters. The molecule has 0 amide bonds. The number of ether oxygens (including phenoxy) is 1. The van der Waals surface area contributed by atoms with Gasteiger partial charge in [0.25, 0.3) is 0 Å². The van der Waals surface area contributed by atoms with Crippen LogP contribution in [0.5, 0.6) is 5.75 Å². The van der Waals surface area contributed by atoms with E-state index in [-0.39, 0.29) is 0 Å². The second-order valence-corrected chi connectivity index (χ2v) is 3.55. The predicted octanol–water partition coefficient (Wildman–Crippen LogP) is 2.72. The average molecular weight is 229 g/mol. The molecule has 0 radical (unpaired) electrons. The third kappa shape index (κ3) is 2.68. The number of hydrogen-bond donors (Lipinski definition) is 3. The molecule has 4 heteroatoms. The lowest BCUT2D eigenvalue weighted by atomic mass is 10.2. The summed E-state index contributed by atoms with van der Waals surface area (Å²) in [6.07, 6.45) is 0. The number of hydrazine groups is 1. The van der Waals surface area contributed by atoms with E-state index in [4.69, 9.17) is 10.6 Å². The molecule has 2 aromatic carbocycles. The van der Waals surface area contributed by atoms with E-state index in [9.17, 15) is 0 Å². The molecule has 0 aliphatic rings. The minimum atomic E-state index is 0.702. The third-order valence-corrected chi connectivity index (χ3v) is 2.42. The first-order valence-corrected chi connectivity index (χ1v) is 5.30. The van der Waals surface area contributed by atoms with Crippen LogP contribution < -0.4 is 21.3 Å². The summed E-state index contributed by atoms with van der Waals surface area (Å²) in [5, 5.41) is 3.28. The van der Waals surface area contributed by atoms with Crippen molar-refractivity contribution >= 4 is 17.1 Å². The first-order chi connectivity index (χ1) is 8.33. The summed E-state index contributed by atoms with van der Waals surface area (Å²) in [4.78, 5) is 0. The van der Waals surface area contributed by atoms with Gasteiger partial charge in [-0.2, -0.15) is 0 Å². The van der Waals surface area contributed by atoms with Crippen LogP contribution in [0.3, 0.4) is 0 Å². The van der Waals surface area contributed by atoms with Gasteiger partial charge in [0.15, 0.2) is 0 Å². The summed E-state index contributed by atoms with van der Waals surface area (Å²) in [6, 6.07) is 15.6. The molecular formula is C13H15N3O. The van der Waals surface area contributed by atoms with Gasteiger partial charge in [-0.15, -0.1) is 0 Å². The molecule has 0 aromatic heterocycles. The highest BCUT2D eigenvalue weighted by atomic mass is 16.5. The van der Waals surface area contributed by atoms with Crippen molar-refractivity contribution in [2.45, 2.75) is 0 Å². The van der Waals surface area contributed by atoms with Crippen molar-refractivity contribution in [3.8, 4) is 5.75 Å². The fraction of sp³-hybridized carbons (Fsp3) is 0.0769. The van der Waals surface area contributed by atoms with Gasteiger partial charge in [0.1, 0.15) is 5.75 Å². The first kappa shape index (κ1) is 11.3. The Morgan fingerprint density at radius 2 is 1.76 bits per heavy atom. The fourth-order valence-corrected chi connectivity index (χ4v) is 1.58. The zero-order valence-electron chi connectivity index (χ0n) is 9.60. The molecule has 2 rings (SSSR count). The molecule has 0 heterocycles. The molecule has 0 aliphatic heterocycles. The molecule has 88 valence electrons. The lowest BCUT2D eigenvalue weighted by Gasteiger charge is -2.11. The second-order valence-electron chi connectivity index (χ2n) is 3.55. The van der Waals surface area contributed by atoms with Gasteiger partial charge >= 0.3 is 0 Å². The van der Waals surface area contributed by atoms with E-state index in [0.29, 0.717) is 5.75 Å². The lowest BCUT2D eigenvalue weighted by Crippen LogP contribution is -2.08. The number of para-hydroxylation sites is 1. The Morgan fingerprint density at radius 1 is 1.00 bits per heavy atom. The largest absolute Gasteiger partial charge is 0.494 e. The number of nitrogens with two attached hydrogens (primary N) is 1. The van der Waals surface area contributed by atoms with Crippen LogP contribution in [-0.2, 0) is 0 Å². The van der Waals surface area contributed by atoms with Crippen LogP contribution in [-0.4, -0.2) is 7.11 Å². The molecule has 0 fully saturated rings. The zero-order chi connectivity index (χ0) is 12.1. The van der Waals surface area contributed by atoms with Crippen LogP contribution in [0, 0.1) is 0 Å². The van der Waals surface area contributed by atoms with E-state index >= 15 is 0 Å². The summed E-state index contributed by atoms with van der Waals surface area (Å²) in [5.41, 5.74) is 5.32. The Hall–Kier alpha value is -2.20. The Bertz CT molecular complexity index is 485. The number of nitrogen functional groups attached to an aromatic ring is 1. The van der Waals surface area contributed by atoms with Crippen molar-refractivity contribution in [2.24, 2.45) is 5.84 Å². The van der Waals surface area contributed by atoms with E-state index in [1.165, 1.54) is 0 Å². The van der Waals surface area contributed by atoms with Gasteiger partial charge in [-0.05, 0) is 24.3 Å². The van der Waals surface area contributed by atoms with Crippen molar-refractivity contribution in [1.82, 2.24) is 0 Å². The quantitative estimate of drug-likeness (QED) is 0.557. The molecule has 0 spiro atoms. The van der Waals surface area contributed by atoms with E-state index in [1.807, 2.05) is 48.5 Å². The molecule has 2 aromatic rings. The average Bonchev–Trinajstić information content (AvgIpc) is 2.40. The van der Waals surface area contributed by atoms with Gasteiger partial charge in [-0.3, -0.25) is 5.84 Å². The second kappa shape index (κ2) is 5.23. The maximum absolute atomic E-state index is 5.38. The fourth-order valence-electron chi connectivity index (χ4n) is 1.58. The minimum Gasteiger partial charge on any atom is -0.494 e. The van der Waals surface area contributed by atoms with Crippen LogP contribution >= 0.6 is 0 Å². The number of benzene rings is 2. The van der Waals surface area contributed by atoms with Crippen molar-refractivity contribution < 1.29 is 4.74 Å². The molecular weight excluding hydrogens is 214 g/mol. The predicted molar refractivity (Wildman–Crippen MR) is 70.5 cm³/mol.